The molecular weight excluding hydrogens is 167 g/mol. The third kappa shape index (κ3) is 1.23. The quantitative estimate of drug-likeness (QED) is 0.611. The Kier molecular flexibility index (Phi) is 1.67. The van der Waals surface area contributed by atoms with Crippen molar-refractivity contribution in [2.24, 2.45) is 0 Å². The first-order chi connectivity index (χ1) is 6.31. The number of hydrogen-bond donors (Lipinski definition) is 0. The molecule has 3 heteroatoms. The summed E-state index contributed by atoms with van der Waals surface area (Å²) in [5.74, 6) is -0.359. The second kappa shape index (κ2) is 2.83. The highest BCUT2D eigenvalue weighted by atomic mass is 19.1. The molecule has 1 heterocycles. The molecule has 0 aliphatic heterocycles. The van der Waals surface area contributed by atoms with Gasteiger partial charge in [0.15, 0.2) is 0 Å². The first-order valence-corrected chi connectivity index (χ1v) is 3.74. The van der Waals surface area contributed by atoms with Crippen LogP contribution >= 0.6 is 0 Å². The molecule has 2 rings (SSSR count). The molecule has 1 aromatic carbocycles. The minimum Gasteiger partial charge on any atom is -0.261 e. The van der Waals surface area contributed by atoms with Crippen LogP contribution in [-0.4, -0.2) is 4.98 Å². The van der Waals surface area contributed by atoms with E-state index in [1.54, 1.807) is 24.4 Å². The summed E-state index contributed by atoms with van der Waals surface area (Å²) in [5, 5.41) is 9.75. The van der Waals surface area contributed by atoms with Crippen molar-refractivity contribution < 1.29 is 4.39 Å². The van der Waals surface area contributed by atoms with Crippen molar-refractivity contribution in [3.63, 3.8) is 0 Å². The minimum atomic E-state index is -0.359. The van der Waals surface area contributed by atoms with Crippen LogP contribution in [0.3, 0.4) is 0 Å². The van der Waals surface area contributed by atoms with Crippen LogP contribution in [0, 0.1) is 17.1 Å². The fraction of sp³-hybridized carbons (Fsp3) is 0. The standard InChI is InChI=1S/C10H5FN2/c11-10-6-13-5-8-3-7(4-12)1-2-9(8)10/h1-3,5-6H. The van der Waals surface area contributed by atoms with Gasteiger partial charge in [-0.25, -0.2) is 4.39 Å². The smallest absolute Gasteiger partial charge is 0.149 e. The molecule has 0 aliphatic carbocycles. The van der Waals surface area contributed by atoms with Gasteiger partial charge in [-0.2, -0.15) is 5.26 Å². The summed E-state index contributed by atoms with van der Waals surface area (Å²) in [5.41, 5.74) is 0.514. The first kappa shape index (κ1) is 7.69. The van der Waals surface area contributed by atoms with Gasteiger partial charge < -0.3 is 0 Å². The number of halogens is 1. The zero-order chi connectivity index (χ0) is 9.26. The fourth-order valence-electron chi connectivity index (χ4n) is 1.21. The molecular formula is C10H5FN2. The van der Waals surface area contributed by atoms with Crippen molar-refractivity contribution >= 4 is 10.8 Å². The van der Waals surface area contributed by atoms with Crippen LogP contribution in [0.15, 0.2) is 30.6 Å². The Bertz CT molecular complexity index is 500. The molecule has 13 heavy (non-hydrogen) atoms. The number of hydrogen-bond acceptors (Lipinski definition) is 2. The van der Waals surface area contributed by atoms with Crippen LogP contribution < -0.4 is 0 Å². The Morgan fingerprint density at radius 3 is 2.92 bits per heavy atom. The molecule has 0 unspecified atom stereocenters. The molecule has 0 bridgehead atoms. The van der Waals surface area contributed by atoms with Gasteiger partial charge in [0, 0.05) is 17.0 Å². The van der Waals surface area contributed by atoms with Crippen LogP contribution in [0.2, 0.25) is 0 Å². The van der Waals surface area contributed by atoms with E-state index in [-0.39, 0.29) is 5.82 Å². The normalized spacial score (nSPS) is 9.85. The van der Waals surface area contributed by atoms with E-state index in [0.717, 1.165) is 6.20 Å². The van der Waals surface area contributed by atoms with Crippen molar-refractivity contribution in [2.75, 3.05) is 0 Å². The van der Waals surface area contributed by atoms with Crippen LogP contribution in [0.1, 0.15) is 5.56 Å². The van der Waals surface area contributed by atoms with E-state index in [9.17, 15) is 4.39 Å². The zero-order valence-corrected chi connectivity index (χ0v) is 6.66. The summed E-state index contributed by atoms with van der Waals surface area (Å²) in [6, 6.07) is 6.78. The van der Waals surface area contributed by atoms with E-state index in [0.29, 0.717) is 16.3 Å². The average molecular weight is 172 g/mol. The lowest BCUT2D eigenvalue weighted by Crippen LogP contribution is -1.83. The molecule has 0 amide bonds. The Morgan fingerprint density at radius 2 is 2.15 bits per heavy atom. The molecule has 2 aromatic rings. The lowest BCUT2D eigenvalue weighted by molar-refractivity contribution is 0.634. The van der Waals surface area contributed by atoms with Crippen molar-refractivity contribution in [2.45, 2.75) is 0 Å². The number of nitrogens with zero attached hydrogens (tertiary/aromatic N) is 2. The summed E-state index contributed by atoms with van der Waals surface area (Å²) >= 11 is 0. The maximum Gasteiger partial charge on any atom is 0.149 e. The summed E-state index contributed by atoms with van der Waals surface area (Å²) in [6.07, 6.45) is 2.70. The largest absolute Gasteiger partial charge is 0.261 e. The van der Waals surface area contributed by atoms with Gasteiger partial charge in [0.1, 0.15) is 5.82 Å². The van der Waals surface area contributed by atoms with E-state index in [4.69, 9.17) is 5.26 Å². The molecule has 0 fully saturated rings. The first-order valence-electron chi connectivity index (χ1n) is 3.74. The third-order valence-corrected chi connectivity index (χ3v) is 1.84. The second-order valence-corrected chi connectivity index (χ2v) is 2.67. The van der Waals surface area contributed by atoms with Gasteiger partial charge in [-0.1, -0.05) is 6.07 Å². The summed E-state index contributed by atoms with van der Waals surface area (Å²) < 4.78 is 13.1. The van der Waals surface area contributed by atoms with E-state index in [2.05, 4.69) is 4.98 Å². The van der Waals surface area contributed by atoms with Crippen molar-refractivity contribution in [3.05, 3.63) is 42.0 Å². The monoisotopic (exact) mass is 172 g/mol. The Labute approximate surface area is 74.3 Å². The minimum absolute atomic E-state index is 0.359. The lowest BCUT2D eigenvalue weighted by atomic mass is 10.1. The van der Waals surface area contributed by atoms with Gasteiger partial charge in [0.05, 0.1) is 17.8 Å². The predicted octanol–water partition coefficient (Wildman–Crippen LogP) is 2.25. The van der Waals surface area contributed by atoms with Crippen LogP contribution in [-0.2, 0) is 0 Å². The number of fused-ring (bicyclic) bond motifs is 1. The molecule has 0 spiro atoms. The van der Waals surface area contributed by atoms with Gasteiger partial charge in [0.25, 0.3) is 0 Å². The molecule has 2 nitrogen and oxygen atoms in total. The van der Waals surface area contributed by atoms with Crippen molar-refractivity contribution in [1.29, 1.82) is 5.26 Å². The Morgan fingerprint density at radius 1 is 1.31 bits per heavy atom. The van der Waals surface area contributed by atoms with Crippen molar-refractivity contribution in [1.82, 2.24) is 4.98 Å². The maximum atomic E-state index is 13.1. The SMILES string of the molecule is N#Cc1ccc2c(F)cncc2c1. The predicted molar refractivity (Wildman–Crippen MR) is 46.4 cm³/mol. The van der Waals surface area contributed by atoms with Crippen LogP contribution in [0.25, 0.3) is 10.8 Å². The van der Waals surface area contributed by atoms with Crippen molar-refractivity contribution in [3.8, 4) is 6.07 Å². The van der Waals surface area contributed by atoms with Gasteiger partial charge in [-0.3, -0.25) is 4.98 Å². The summed E-state index contributed by atoms with van der Waals surface area (Å²) in [6.45, 7) is 0. The molecule has 0 N–H and O–H groups in total. The number of nitriles is 1. The van der Waals surface area contributed by atoms with E-state index in [1.807, 2.05) is 6.07 Å². The molecule has 0 aliphatic rings. The third-order valence-electron chi connectivity index (χ3n) is 1.84. The summed E-state index contributed by atoms with van der Waals surface area (Å²) in [7, 11) is 0. The molecule has 0 atom stereocenters. The van der Waals surface area contributed by atoms with Gasteiger partial charge in [-0.15, -0.1) is 0 Å². The van der Waals surface area contributed by atoms with Gasteiger partial charge in [0.2, 0.25) is 0 Å². The van der Waals surface area contributed by atoms with E-state index in [1.165, 1.54) is 0 Å². The molecule has 62 valence electrons. The second-order valence-electron chi connectivity index (χ2n) is 2.67. The number of benzene rings is 1. The average Bonchev–Trinajstić information content (AvgIpc) is 2.18. The zero-order valence-electron chi connectivity index (χ0n) is 6.66. The molecule has 0 saturated heterocycles. The maximum absolute atomic E-state index is 13.1. The van der Waals surface area contributed by atoms with Crippen LogP contribution in [0.4, 0.5) is 4.39 Å². The Hall–Kier alpha value is -1.95. The van der Waals surface area contributed by atoms with E-state index >= 15 is 0 Å². The topological polar surface area (TPSA) is 36.7 Å². The number of aromatic nitrogens is 1. The number of pyridine rings is 1. The summed E-state index contributed by atoms with van der Waals surface area (Å²) in [4.78, 5) is 3.70. The highest BCUT2D eigenvalue weighted by Gasteiger charge is 2.00. The highest BCUT2D eigenvalue weighted by Crippen LogP contribution is 2.17. The van der Waals surface area contributed by atoms with Gasteiger partial charge >= 0.3 is 0 Å². The molecule has 0 radical (unpaired) electrons. The fourth-order valence-corrected chi connectivity index (χ4v) is 1.21. The Balaban J connectivity index is 2.82. The number of rotatable bonds is 0. The highest BCUT2D eigenvalue weighted by molar-refractivity contribution is 5.83. The van der Waals surface area contributed by atoms with Gasteiger partial charge in [-0.05, 0) is 12.1 Å². The molecule has 1 aromatic heterocycles. The lowest BCUT2D eigenvalue weighted by Gasteiger charge is -1.97. The molecule has 0 saturated carbocycles. The van der Waals surface area contributed by atoms with Crippen LogP contribution in [0.5, 0.6) is 0 Å². The van der Waals surface area contributed by atoms with E-state index < -0.39 is 0 Å².